The highest BCUT2D eigenvalue weighted by Crippen LogP contribution is 2.21. The van der Waals surface area contributed by atoms with E-state index in [9.17, 15) is 0 Å². The molecular formula is C13H9N7. The first-order valence-corrected chi connectivity index (χ1v) is 5.83. The molecule has 2 aromatic heterocycles. The number of nitrogens with one attached hydrogen (secondary N) is 2. The predicted molar refractivity (Wildman–Crippen MR) is 73.1 cm³/mol. The van der Waals surface area contributed by atoms with Crippen molar-refractivity contribution in [3.05, 3.63) is 48.6 Å². The van der Waals surface area contributed by atoms with Gasteiger partial charge in [-0.3, -0.25) is 4.98 Å². The number of H-pyrrole nitrogens is 1. The number of fused-ring (bicyclic) bond motifs is 1. The molecule has 0 aliphatic rings. The molecule has 7 heteroatoms. The summed E-state index contributed by atoms with van der Waals surface area (Å²) in [4.78, 5) is 4.32. The van der Waals surface area contributed by atoms with E-state index in [1.54, 1.807) is 6.20 Å². The molecule has 0 saturated heterocycles. The Bertz CT molecular complexity index is 794. The molecule has 2 heterocycles. The third kappa shape index (κ3) is 2.18. The second kappa shape index (κ2) is 5.16. The van der Waals surface area contributed by atoms with E-state index >= 15 is 0 Å². The van der Waals surface area contributed by atoms with Gasteiger partial charge in [0.15, 0.2) is 0 Å². The molecule has 20 heavy (non-hydrogen) atoms. The van der Waals surface area contributed by atoms with Crippen LogP contribution in [-0.2, 0) is 0 Å². The molecule has 0 unspecified atom stereocenters. The molecule has 0 amide bonds. The minimum Gasteiger partial charge on any atom is -0.359 e. The zero-order valence-corrected chi connectivity index (χ0v) is 10.3. The van der Waals surface area contributed by atoms with Crippen LogP contribution in [0.2, 0.25) is 0 Å². The highest BCUT2D eigenvalue weighted by atomic mass is 15.5. The summed E-state index contributed by atoms with van der Waals surface area (Å²) in [6.45, 7) is 0. The summed E-state index contributed by atoms with van der Waals surface area (Å²) in [6.07, 6.45) is 3.26. The Morgan fingerprint density at radius 2 is 2.20 bits per heavy atom. The number of nitrogens with zero attached hydrogens (tertiary/aromatic N) is 5. The summed E-state index contributed by atoms with van der Waals surface area (Å²) < 4.78 is 0. The van der Waals surface area contributed by atoms with E-state index in [1.807, 2.05) is 36.4 Å². The van der Waals surface area contributed by atoms with Crippen molar-refractivity contribution in [3.8, 4) is 6.07 Å². The molecule has 7 nitrogen and oxygen atoms in total. The molecule has 2 N–H and O–H groups in total. The van der Waals surface area contributed by atoms with Crippen LogP contribution in [0.25, 0.3) is 16.5 Å². The number of aromatic amines is 1. The molecule has 96 valence electrons. The molecule has 1 aromatic carbocycles. The molecule has 0 bridgehead atoms. The lowest BCUT2D eigenvalue weighted by atomic mass is 10.2. The van der Waals surface area contributed by atoms with Gasteiger partial charge in [-0.05, 0) is 17.3 Å². The van der Waals surface area contributed by atoms with Crippen LogP contribution in [0.15, 0.2) is 42.7 Å². The summed E-state index contributed by atoms with van der Waals surface area (Å²) in [5.74, 6) is 0.244. The number of anilines is 1. The van der Waals surface area contributed by atoms with Gasteiger partial charge in [0.05, 0.1) is 11.2 Å². The van der Waals surface area contributed by atoms with Gasteiger partial charge in [-0.1, -0.05) is 18.2 Å². The van der Waals surface area contributed by atoms with Crippen LogP contribution in [0, 0.1) is 11.3 Å². The van der Waals surface area contributed by atoms with Crippen molar-refractivity contribution in [2.24, 2.45) is 0 Å². The largest absolute Gasteiger partial charge is 0.359 e. The van der Waals surface area contributed by atoms with E-state index in [1.165, 1.54) is 6.20 Å². The zero-order valence-electron chi connectivity index (χ0n) is 10.3. The summed E-state index contributed by atoms with van der Waals surface area (Å²) >= 11 is 0. The molecule has 3 aromatic rings. The maximum atomic E-state index is 9.09. The lowest BCUT2D eigenvalue weighted by molar-refractivity contribution is 0.881. The molecule has 0 spiro atoms. The lowest BCUT2D eigenvalue weighted by Gasteiger charge is -2.05. The van der Waals surface area contributed by atoms with E-state index in [2.05, 4.69) is 30.9 Å². The number of hydrogen-bond acceptors (Lipinski definition) is 6. The SMILES string of the molecule is N#C/C(=C\Nc1cccc2cccnc12)c1nn[nH]n1. The van der Waals surface area contributed by atoms with Crippen LogP contribution in [0.1, 0.15) is 5.82 Å². The van der Waals surface area contributed by atoms with Crippen LogP contribution < -0.4 is 5.32 Å². The minimum absolute atomic E-state index is 0.244. The third-order valence-corrected chi connectivity index (χ3v) is 2.71. The van der Waals surface area contributed by atoms with E-state index < -0.39 is 0 Å². The monoisotopic (exact) mass is 263 g/mol. The van der Waals surface area contributed by atoms with Crippen molar-refractivity contribution < 1.29 is 0 Å². The first-order chi connectivity index (χ1) is 9.88. The van der Waals surface area contributed by atoms with E-state index in [4.69, 9.17) is 5.26 Å². The van der Waals surface area contributed by atoms with E-state index in [0.29, 0.717) is 0 Å². The van der Waals surface area contributed by atoms with Gasteiger partial charge in [0.1, 0.15) is 11.6 Å². The third-order valence-electron chi connectivity index (χ3n) is 2.71. The van der Waals surface area contributed by atoms with Gasteiger partial charge < -0.3 is 5.32 Å². The maximum Gasteiger partial charge on any atom is 0.216 e. The van der Waals surface area contributed by atoms with Crippen molar-refractivity contribution >= 4 is 22.2 Å². The number of nitriles is 1. The Morgan fingerprint density at radius 3 is 3.00 bits per heavy atom. The van der Waals surface area contributed by atoms with E-state index in [0.717, 1.165) is 16.6 Å². The number of rotatable bonds is 3. The van der Waals surface area contributed by atoms with Gasteiger partial charge in [0, 0.05) is 17.8 Å². The zero-order chi connectivity index (χ0) is 13.8. The lowest BCUT2D eigenvalue weighted by Crippen LogP contribution is -1.94. The molecule has 0 aliphatic heterocycles. The molecular weight excluding hydrogens is 254 g/mol. The summed E-state index contributed by atoms with van der Waals surface area (Å²) in [5.41, 5.74) is 1.92. The Morgan fingerprint density at radius 1 is 1.30 bits per heavy atom. The summed E-state index contributed by atoms with van der Waals surface area (Å²) in [6, 6.07) is 11.6. The number of para-hydroxylation sites is 1. The van der Waals surface area contributed by atoms with Crippen LogP contribution in [0.5, 0.6) is 0 Å². The number of aromatic nitrogens is 5. The normalized spacial score (nSPS) is 11.2. The van der Waals surface area contributed by atoms with Crippen molar-refractivity contribution in [2.75, 3.05) is 5.32 Å². The standard InChI is InChI=1S/C13H9N7/c14-7-10(13-17-19-20-18-13)8-16-11-5-1-3-9-4-2-6-15-12(9)11/h1-6,8,16H,(H,17,18,19,20)/b10-8+. The van der Waals surface area contributed by atoms with E-state index in [-0.39, 0.29) is 11.4 Å². The van der Waals surface area contributed by atoms with Crippen molar-refractivity contribution in [2.45, 2.75) is 0 Å². The van der Waals surface area contributed by atoms with Gasteiger partial charge in [0.25, 0.3) is 0 Å². The highest BCUT2D eigenvalue weighted by molar-refractivity contribution is 5.91. The predicted octanol–water partition coefficient (Wildman–Crippen LogP) is 1.72. The fourth-order valence-electron chi connectivity index (χ4n) is 1.79. The van der Waals surface area contributed by atoms with Gasteiger partial charge in [-0.25, -0.2) is 0 Å². The number of pyridine rings is 1. The van der Waals surface area contributed by atoms with Crippen LogP contribution >= 0.6 is 0 Å². The highest BCUT2D eigenvalue weighted by Gasteiger charge is 2.06. The van der Waals surface area contributed by atoms with Gasteiger partial charge in [-0.15, -0.1) is 10.2 Å². The van der Waals surface area contributed by atoms with Crippen LogP contribution in [0.3, 0.4) is 0 Å². The van der Waals surface area contributed by atoms with Gasteiger partial charge in [-0.2, -0.15) is 10.5 Å². The Kier molecular flexibility index (Phi) is 3.04. The number of benzene rings is 1. The molecule has 0 radical (unpaired) electrons. The first-order valence-electron chi connectivity index (χ1n) is 5.83. The van der Waals surface area contributed by atoms with Gasteiger partial charge >= 0.3 is 0 Å². The second-order valence-corrected chi connectivity index (χ2v) is 3.93. The number of tetrazole rings is 1. The fourth-order valence-corrected chi connectivity index (χ4v) is 1.79. The summed E-state index contributed by atoms with van der Waals surface area (Å²) in [5, 5.41) is 26.4. The molecule has 0 fully saturated rings. The molecule has 0 aliphatic carbocycles. The smallest absolute Gasteiger partial charge is 0.216 e. The second-order valence-electron chi connectivity index (χ2n) is 3.93. The van der Waals surface area contributed by atoms with Crippen molar-refractivity contribution in [1.82, 2.24) is 25.6 Å². The summed E-state index contributed by atoms with van der Waals surface area (Å²) in [7, 11) is 0. The molecule has 3 rings (SSSR count). The van der Waals surface area contributed by atoms with Crippen molar-refractivity contribution in [1.29, 1.82) is 5.26 Å². The number of hydrogen-bond donors (Lipinski definition) is 2. The van der Waals surface area contributed by atoms with Crippen LogP contribution in [0.4, 0.5) is 5.69 Å². The van der Waals surface area contributed by atoms with Crippen molar-refractivity contribution in [3.63, 3.8) is 0 Å². The first kappa shape index (κ1) is 11.8. The average molecular weight is 263 g/mol. The average Bonchev–Trinajstić information content (AvgIpc) is 3.02. The topological polar surface area (TPSA) is 103 Å². The quantitative estimate of drug-likeness (QED) is 0.697. The minimum atomic E-state index is 0.244. The maximum absolute atomic E-state index is 9.09. The Labute approximate surface area is 114 Å². The number of allylic oxidation sites excluding steroid dienone is 1. The Hall–Kier alpha value is -3.27. The fraction of sp³-hybridized carbons (Fsp3) is 0. The molecule has 0 atom stereocenters. The van der Waals surface area contributed by atoms with Crippen LogP contribution in [-0.4, -0.2) is 25.6 Å². The Balaban J connectivity index is 1.96. The van der Waals surface area contributed by atoms with Gasteiger partial charge in [0.2, 0.25) is 5.82 Å². The molecule has 0 saturated carbocycles.